The van der Waals surface area contributed by atoms with Gasteiger partial charge in [-0.2, -0.15) is 13.2 Å². The number of nitrogens with zero attached hydrogens (tertiary/aromatic N) is 4. The van der Waals surface area contributed by atoms with Crippen LogP contribution in [0.1, 0.15) is 11.9 Å². The van der Waals surface area contributed by atoms with Gasteiger partial charge in [0.25, 0.3) is 5.56 Å². The van der Waals surface area contributed by atoms with Crippen LogP contribution in [0.3, 0.4) is 0 Å². The van der Waals surface area contributed by atoms with Crippen molar-refractivity contribution in [2.24, 2.45) is 0 Å². The summed E-state index contributed by atoms with van der Waals surface area (Å²) in [5, 5.41) is 7.14. The van der Waals surface area contributed by atoms with Crippen molar-refractivity contribution in [1.82, 2.24) is 19.3 Å². The zero-order chi connectivity index (χ0) is 19.8. The van der Waals surface area contributed by atoms with Crippen LogP contribution in [0.2, 0.25) is 0 Å². The Morgan fingerprint density at radius 2 is 1.89 bits per heavy atom. The number of benzene rings is 1. The largest absolute Gasteiger partial charge is 0.445 e. The number of hydrogen-bond acceptors (Lipinski definition) is 6. The Kier molecular flexibility index (Phi) is 4.83. The Bertz CT molecular complexity index is 1130. The van der Waals surface area contributed by atoms with Gasteiger partial charge in [0, 0.05) is 6.54 Å². The lowest BCUT2D eigenvalue weighted by Gasteiger charge is -2.12. The quantitative estimate of drug-likeness (QED) is 0.720. The van der Waals surface area contributed by atoms with Gasteiger partial charge in [-0.25, -0.2) is 4.79 Å². The van der Waals surface area contributed by atoms with Crippen molar-refractivity contribution in [1.29, 1.82) is 0 Å². The maximum atomic E-state index is 12.6. The molecule has 3 aromatic rings. The highest BCUT2D eigenvalue weighted by Crippen LogP contribution is 2.32. The second-order valence-electron chi connectivity index (χ2n) is 5.39. The van der Waals surface area contributed by atoms with Gasteiger partial charge in [-0.05, 0) is 19.1 Å². The van der Waals surface area contributed by atoms with Gasteiger partial charge in [0.1, 0.15) is 6.54 Å². The number of carbonyl (C=O) groups is 1. The Labute approximate surface area is 152 Å². The van der Waals surface area contributed by atoms with Crippen LogP contribution in [0.15, 0.2) is 33.9 Å². The van der Waals surface area contributed by atoms with Crippen LogP contribution >= 0.6 is 11.3 Å². The highest BCUT2D eigenvalue weighted by molar-refractivity contribution is 7.15. The monoisotopic (exact) mass is 399 g/mol. The van der Waals surface area contributed by atoms with Gasteiger partial charge in [-0.1, -0.05) is 23.5 Å². The van der Waals surface area contributed by atoms with E-state index in [1.165, 1.54) is 12.1 Å². The van der Waals surface area contributed by atoms with E-state index in [9.17, 15) is 27.6 Å². The molecule has 0 saturated carbocycles. The maximum Gasteiger partial charge on any atom is 0.445 e. The minimum atomic E-state index is -4.66. The minimum absolute atomic E-state index is 0.107. The molecule has 0 saturated heterocycles. The number of halogens is 3. The Hall–Kier alpha value is -3.02. The third kappa shape index (κ3) is 3.60. The summed E-state index contributed by atoms with van der Waals surface area (Å²) in [6.07, 6.45) is -4.66. The lowest BCUT2D eigenvalue weighted by atomic mass is 10.2. The Morgan fingerprint density at radius 1 is 1.19 bits per heavy atom. The number of para-hydroxylation sites is 1. The molecular weight excluding hydrogens is 387 g/mol. The van der Waals surface area contributed by atoms with Crippen molar-refractivity contribution >= 4 is 33.3 Å². The van der Waals surface area contributed by atoms with Crippen molar-refractivity contribution in [3.8, 4) is 0 Å². The zero-order valence-corrected chi connectivity index (χ0v) is 14.6. The van der Waals surface area contributed by atoms with Crippen LogP contribution in [0.25, 0.3) is 10.9 Å². The van der Waals surface area contributed by atoms with Gasteiger partial charge >= 0.3 is 11.9 Å². The van der Waals surface area contributed by atoms with E-state index < -0.39 is 34.9 Å². The fourth-order valence-electron chi connectivity index (χ4n) is 2.49. The molecule has 0 spiro atoms. The molecular formula is C15H12F3N5O3S. The molecule has 2 heterocycles. The zero-order valence-electron chi connectivity index (χ0n) is 13.8. The lowest BCUT2D eigenvalue weighted by molar-refractivity contribution is -0.138. The molecule has 0 radical (unpaired) electrons. The molecule has 0 aliphatic carbocycles. The molecule has 27 heavy (non-hydrogen) atoms. The van der Waals surface area contributed by atoms with Crippen LogP contribution in [0.4, 0.5) is 18.3 Å². The molecule has 0 bridgehead atoms. The SMILES string of the molecule is CCn1c(=O)c2ccccc2n(CC(=O)Nc2nnc(C(F)(F)F)s2)c1=O. The highest BCUT2D eigenvalue weighted by Gasteiger charge is 2.35. The van der Waals surface area contributed by atoms with Crippen molar-refractivity contribution < 1.29 is 18.0 Å². The number of fused-ring (bicyclic) bond motifs is 1. The van der Waals surface area contributed by atoms with E-state index in [0.29, 0.717) is 0 Å². The molecule has 0 fully saturated rings. The van der Waals surface area contributed by atoms with E-state index in [-0.39, 0.29) is 33.9 Å². The second-order valence-corrected chi connectivity index (χ2v) is 6.37. The van der Waals surface area contributed by atoms with Crippen LogP contribution < -0.4 is 16.6 Å². The number of anilines is 1. The molecule has 3 rings (SSSR count). The highest BCUT2D eigenvalue weighted by atomic mass is 32.1. The summed E-state index contributed by atoms with van der Waals surface area (Å²) in [5.41, 5.74) is -0.918. The molecule has 0 aliphatic rings. The van der Waals surface area contributed by atoms with E-state index in [2.05, 4.69) is 15.5 Å². The topological polar surface area (TPSA) is 98.9 Å². The van der Waals surface area contributed by atoms with Crippen LogP contribution in [-0.2, 0) is 24.1 Å². The lowest BCUT2D eigenvalue weighted by Crippen LogP contribution is -2.41. The fraction of sp³-hybridized carbons (Fsp3) is 0.267. The number of hydrogen-bond donors (Lipinski definition) is 1. The number of aromatic nitrogens is 4. The van der Waals surface area contributed by atoms with Crippen LogP contribution in [0, 0.1) is 0 Å². The first kappa shape index (κ1) is 18.8. The molecule has 8 nitrogen and oxygen atoms in total. The number of alkyl halides is 3. The van der Waals surface area contributed by atoms with E-state index in [1.807, 2.05) is 0 Å². The normalized spacial score (nSPS) is 11.7. The average molecular weight is 399 g/mol. The Balaban J connectivity index is 1.95. The van der Waals surface area contributed by atoms with E-state index in [0.717, 1.165) is 9.13 Å². The first-order chi connectivity index (χ1) is 12.7. The van der Waals surface area contributed by atoms with Gasteiger partial charge in [-0.3, -0.25) is 24.0 Å². The van der Waals surface area contributed by atoms with Crippen molar-refractivity contribution in [3.63, 3.8) is 0 Å². The second kappa shape index (κ2) is 6.95. The summed E-state index contributed by atoms with van der Waals surface area (Å²) in [6, 6.07) is 6.26. The van der Waals surface area contributed by atoms with E-state index >= 15 is 0 Å². The summed E-state index contributed by atoms with van der Waals surface area (Å²) in [5.74, 6) is -0.770. The van der Waals surface area contributed by atoms with E-state index in [1.54, 1.807) is 19.1 Å². The Morgan fingerprint density at radius 3 is 2.52 bits per heavy atom. The summed E-state index contributed by atoms with van der Waals surface area (Å²) in [6.45, 7) is 1.22. The average Bonchev–Trinajstić information content (AvgIpc) is 3.08. The smallest absolute Gasteiger partial charge is 0.299 e. The van der Waals surface area contributed by atoms with Gasteiger partial charge in [-0.15, -0.1) is 10.2 Å². The van der Waals surface area contributed by atoms with Crippen molar-refractivity contribution in [3.05, 3.63) is 50.1 Å². The van der Waals surface area contributed by atoms with Gasteiger partial charge < -0.3 is 0 Å². The van der Waals surface area contributed by atoms with Gasteiger partial charge in [0.05, 0.1) is 10.9 Å². The maximum absolute atomic E-state index is 12.6. The third-order valence-electron chi connectivity index (χ3n) is 3.66. The molecule has 1 N–H and O–H groups in total. The first-order valence-electron chi connectivity index (χ1n) is 7.65. The number of nitrogens with one attached hydrogen (secondary N) is 1. The summed E-state index contributed by atoms with van der Waals surface area (Å²) < 4.78 is 39.7. The molecule has 1 amide bonds. The number of amides is 1. The molecule has 0 aliphatic heterocycles. The molecule has 2 aromatic heterocycles. The molecule has 0 unspecified atom stereocenters. The first-order valence-corrected chi connectivity index (χ1v) is 8.47. The summed E-state index contributed by atoms with van der Waals surface area (Å²) >= 11 is 0.175. The fourth-order valence-corrected chi connectivity index (χ4v) is 3.12. The van der Waals surface area contributed by atoms with Crippen LogP contribution in [0.5, 0.6) is 0 Å². The predicted molar refractivity (Wildman–Crippen MR) is 91.7 cm³/mol. The van der Waals surface area contributed by atoms with Gasteiger partial charge in [0.2, 0.25) is 16.0 Å². The molecule has 1 aromatic carbocycles. The van der Waals surface area contributed by atoms with Gasteiger partial charge in [0.15, 0.2) is 0 Å². The van der Waals surface area contributed by atoms with Crippen molar-refractivity contribution in [2.45, 2.75) is 26.2 Å². The summed E-state index contributed by atoms with van der Waals surface area (Å²) in [4.78, 5) is 37.1. The third-order valence-corrected chi connectivity index (χ3v) is 4.55. The minimum Gasteiger partial charge on any atom is -0.299 e. The summed E-state index contributed by atoms with van der Waals surface area (Å²) in [7, 11) is 0. The standard InChI is InChI=1S/C15H12F3N5O3S/c1-2-22-11(25)8-5-3-4-6-9(8)23(14(22)26)7-10(24)19-13-21-20-12(27-13)15(16,17)18/h3-6H,2,7H2,1H3,(H,19,21,24). The van der Waals surface area contributed by atoms with Crippen molar-refractivity contribution in [2.75, 3.05) is 5.32 Å². The number of carbonyl (C=O) groups excluding carboxylic acids is 1. The molecule has 12 heteroatoms. The number of rotatable bonds is 4. The molecule has 0 atom stereocenters. The molecule has 142 valence electrons. The van der Waals surface area contributed by atoms with Crippen LogP contribution in [-0.4, -0.2) is 25.2 Å². The van der Waals surface area contributed by atoms with E-state index in [4.69, 9.17) is 0 Å². The predicted octanol–water partition coefficient (Wildman–Crippen LogP) is 1.69.